The molecule has 1 N–H and O–H groups in total. The van der Waals surface area contributed by atoms with Crippen LogP contribution in [0.2, 0.25) is 0 Å². The largest absolute Gasteiger partial charge is 0.317 e. The van der Waals surface area contributed by atoms with Gasteiger partial charge in [-0.1, -0.05) is 0 Å². The summed E-state index contributed by atoms with van der Waals surface area (Å²) < 4.78 is 17.5. The van der Waals surface area contributed by atoms with Gasteiger partial charge < -0.3 is 5.32 Å². The summed E-state index contributed by atoms with van der Waals surface area (Å²) in [5, 5.41) is 9.05. The number of benzene rings is 1. The van der Waals surface area contributed by atoms with Crippen molar-refractivity contribution in [2.24, 2.45) is 0 Å². The minimum atomic E-state index is -0.278. The third kappa shape index (κ3) is 2.91. The van der Waals surface area contributed by atoms with Gasteiger partial charge in [-0.05, 0) is 63.5 Å². The molecule has 1 aliphatic rings. The van der Waals surface area contributed by atoms with Gasteiger partial charge in [0.2, 0.25) is 0 Å². The van der Waals surface area contributed by atoms with E-state index >= 15 is 0 Å². The lowest BCUT2D eigenvalue weighted by Gasteiger charge is -2.20. The number of piperidine rings is 1. The van der Waals surface area contributed by atoms with E-state index in [9.17, 15) is 4.39 Å². The zero-order chi connectivity index (χ0) is 18.5. The van der Waals surface area contributed by atoms with Crippen molar-refractivity contribution in [3.8, 4) is 11.3 Å². The highest BCUT2D eigenvalue weighted by Gasteiger charge is 2.21. The Kier molecular flexibility index (Phi) is 3.94. The van der Waals surface area contributed by atoms with E-state index in [4.69, 9.17) is 0 Å². The van der Waals surface area contributed by atoms with Gasteiger partial charge >= 0.3 is 0 Å². The number of rotatable bonds is 2. The molecule has 5 nitrogen and oxygen atoms in total. The standard InChI is InChI=1S/C20H20FN5S/c1-11-7-16(25-26-10-12(2)23-19(11)26)14-8-15(21)18-17(9-14)27-20(24-18)13-3-5-22-6-4-13/h7-10,13,22H,3-6H2,1-2H3. The molecule has 4 heterocycles. The fourth-order valence-corrected chi connectivity index (χ4v) is 4.97. The summed E-state index contributed by atoms with van der Waals surface area (Å²) in [6.45, 7) is 5.95. The van der Waals surface area contributed by atoms with Crippen LogP contribution in [0.15, 0.2) is 24.4 Å². The van der Waals surface area contributed by atoms with Gasteiger partial charge in [-0.25, -0.2) is 18.9 Å². The predicted octanol–water partition coefficient (Wildman–Crippen LogP) is 4.23. The van der Waals surface area contributed by atoms with Crippen LogP contribution >= 0.6 is 11.3 Å². The number of nitrogens with zero attached hydrogens (tertiary/aromatic N) is 4. The van der Waals surface area contributed by atoms with E-state index in [0.29, 0.717) is 11.4 Å². The number of aryl methyl sites for hydroxylation is 2. The smallest absolute Gasteiger partial charge is 0.156 e. The molecule has 4 aromatic rings. The Morgan fingerprint density at radius 2 is 1.96 bits per heavy atom. The SMILES string of the molecule is Cc1cn2nc(-c3cc(F)c4nc(C5CCNCC5)sc4c3)cc(C)c2n1. The third-order valence-corrected chi connectivity index (χ3v) is 6.34. The predicted molar refractivity (Wildman–Crippen MR) is 106 cm³/mol. The average Bonchev–Trinajstić information content (AvgIpc) is 3.26. The van der Waals surface area contributed by atoms with Gasteiger partial charge in [0.25, 0.3) is 0 Å². The monoisotopic (exact) mass is 381 g/mol. The molecule has 0 unspecified atom stereocenters. The van der Waals surface area contributed by atoms with Gasteiger partial charge in [-0.3, -0.25) is 0 Å². The summed E-state index contributed by atoms with van der Waals surface area (Å²) in [4.78, 5) is 9.11. The molecule has 0 saturated carbocycles. The summed E-state index contributed by atoms with van der Waals surface area (Å²) in [6.07, 6.45) is 4.01. The van der Waals surface area contributed by atoms with Crippen LogP contribution in [0.1, 0.15) is 35.0 Å². The van der Waals surface area contributed by atoms with Crippen molar-refractivity contribution >= 4 is 27.2 Å². The van der Waals surface area contributed by atoms with E-state index in [0.717, 1.165) is 63.8 Å². The summed E-state index contributed by atoms with van der Waals surface area (Å²) in [5.74, 6) is 0.150. The second-order valence-corrected chi connectivity index (χ2v) is 8.31. The Morgan fingerprint density at radius 1 is 1.15 bits per heavy atom. The van der Waals surface area contributed by atoms with E-state index in [1.54, 1.807) is 21.9 Å². The van der Waals surface area contributed by atoms with Crippen molar-refractivity contribution in [3.05, 3.63) is 46.5 Å². The highest BCUT2D eigenvalue weighted by Crippen LogP contribution is 2.35. The molecule has 27 heavy (non-hydrogen) atoms. The van der Waals surface area contributed by atoms with Crippen LogP contribution in [0.3, 0.4) is 0 Å². The molecule has 0 bridgehead atoms. The van der Waals surface area contributed by atoms with Crippen LogP contribution in [0.4, 0.5) is 4.39 Å². The van der Waals surface area contributed by atoms with Crippen LogP contribution in [0.25, 0.3) is 27.1 Å². The minimum absolute atomic E-state index is 0.278. The van der Waals surface area contributed by atoms with Gasteiger partial charge in [0.05, 0.1) is 27.3 Å². The van der Waals surface area contributed by atoms with Crippen molar-refractivity contribution in [3.63, 3.8) is 0 Å². The van der Waals surface area contributed by atoms with E-state index in [-0.39, 0.29) is 5.82 Å². The highest BCUT2D eigenvalue weighted by atomic mass is 32.1. The van der Waals surface area contributed by atoms with Gasteiger partial charge in [-0.15, -0.1) is 11.3 Å². The highest BCUT2D eigenvalue weighted by molar-refractivity contribution is 7.18. The molecule has 5 rings (SSSR count). The topological polar surface area (TPSA) is 55.1 Å². The van der Waals surface area contributed by atoms with Gasteiger partial charge in [-0.2, -0.15) is 5.10 Å². The van der Waals surface area contributed by atoms with Gasteiger partial charge in [0, 0.05) is 11.5 Å². The fraction of sp³-hybridized carbons (Fsp3) is 0.350. The van der Waals surface area contributed by atoms with Crippen molar-refractivity contribution in [2.75, 3.05) is 13.1 Å². The molecular formula is C20H20FN5S. The van der Waals surface area contributed by atoms with Crippen LogP contribution in [-0.2, 0) is 0 Å². The number of nitrogens with one attached hydrogen (secondary N) is 1. The van der Waals surface area contributed by atoms with Crippen LogP contribution in [0, 0.1) is 19.7 Å². The third-order valence-electron chi connectivity index (χ3n) is 5.18. The summed E-state index contributed by atoms with van der Waals surface area (Å²) in [6, 6.07) is 5.53. The second-order valence-electron chi connectivity index (χ2n) is 7.24. The number of thiazole rings is 1. The van der Waals surface area contributed by atoms with E-state index < -0.39 is 0 Å². The number of aromatic nitrogens is 4. The van der Waals surface area contributed by atoms with Crippen molar-refractivity contribution < 1.29 is 4.39 Å². The maximum absolute atomic E-state index is 14.8. The molecule has 3 aromatic heterocycles. The van der Waals surface area contributed by atoms with Gasteiger partial charge in [0.15, 0.2) is 11.5 Å². The molecule has 0 spiro atoms. The van der Waals surface area contributed by atoms with Crippen molar-refractivity contribution in [2.45, 2.75) is 32.6 Å². The second kappa shape index (κ2) is 6.35. The summed E-state index contributed by atoms with van der Waals surface area (Å²) >= 11 is 1.61. The Bertz CT molecular complexity index is 1160. The zero-order valence-electron chi connectivity index (χ0n) is 15.3. The number of halogens is 1. The lowest BCUT2D eigenvalue weighted by Crippen LogP contribution is -2.26. The molecule has 0 aliphatic carbocycles. The van der Waals surface area contributed by atoms with Gasteiger partial charge in [0.1, 0.15) is 5.52 Å². The molecule has 0 atom stereocenters. The lowest BCUT2D eigenvalue weighted by atomic mass is 9.99. The lowest BCUT2D eigenvalue weighted by molar-refractivity contribution is 0.459. The van der Waals surface area contributed by atoms with Crippen molar-refractivity contribution in [1.82, 2.24) is 24.9 Å². The molecule has 0 radical (unpaired) electrons. The zero-order valence-corrected chi connectivity index (χ0v) is 16.1. The molecule has 1 aromatic carbocycles. The van der Waals surface area contributed by atoms with E-state index in [1.807, 2.05) is 32.2 Å². The first-order chi connectivity index (χ1) is 13.1. The Balaban J connectivity index is 1.61. The number of hydrogen-bond acceptors (Lipinski definition) is 5. The van der Waals surface area contributed by atoms with E-state index in [1.165, 1.54) is 0 Å². The normalized spacial score (nSPS) is 15.8. The molecule has 7 heteroatoms. The maximum atomic E-state index is 14.8. The van der Waals surface area contributed by atoms with Crippen molar-refractivity contribution in [1.29, 1.82) is 0 Å². The van der Waals surface area contributed by atoms with Crippen LogP contribution in [0.5, 0.6) is 0 Å². The minimum Gasteiger partial charge on any atom is -0.317 e. The summed E-state index contributed by atoms with van der Waals surface area (Å²) in [5.41, 5.74) is 4.77. The molecule has 1 fully saturated rings. The number of hydrogen-bond donors (Lipinski definition) is 1. The molecule has 0 amide bonds. The Labute approximate surface area is 160 Å². The Hall–Kier alpha value is -2.38. The molecular weight excluding hydrogens is 361 g/mol. The first kappa shape index (κ1) is 16.8. The summed E-state index contributed by atoms with van der Waals surface area (Å²) in [7, 11) is 0. The average molecular weight is 381 g/mol. The first-order valence-electron chi connectivity index (χ1n) is 9.23. The van der Waals surface area contributed by atoms with Crippen LogP contribution < -0.4 is 5.32 Å². The maximum Gasteiger partial charge on any atom is 0.156 e. The fourth-order valence-electron chi connectivity index (χ4n) is 3.78. The number of fused-ring (bicyclic) bond motifs is 2. The number of imidazole rings is 1. The Morgan fingerprint density at radius 3 is 2.78 bits per heavy atom. The van der Waals surface area contributed by atoms with Crippen LogP contribution in [-0.4, -0.2) is 32.7 Å². The quantitative estimate of drug-likeness (QED) is 0.565. The molecule has 138 valence electrons. The molecule has 1 aliphatic heterocycles. The van der Waals surface area contributed by atoms with E-state index in [2.05, 4.69) is 20.4 Å². The molecule has 1 saturated heterocycles. The first-order valence-corrected chi connectivity index (χ1v) is 10.0.